The van der Waals surface area contributed by atoms with Gasteiger partial charge in [-0.3, -0.25) is 0 Å². The van der Waals surface area contributed by atoms with Crippen LogP contribution in [-0.4, -0.2) is 21.7 Å². The lowest BCUT2D eigenvalue weighted by atomic mass is 9.99. The molecular weight excluding hydrogens is 226 g/mol. The Morgan fingerprint density at radius 3 is 2.72 bits per heavy atom. The molecule has 0 saturated carbocycles. The maximum absolute atomic E-state index is 9.40. The van der Waals surface area contributed by atoms with Crippen LogP contribution in [0.4, 0.5) is 0 Å². The molecule has 18 heavy (non-hydrogen) atoms. The second-order valence-electron chi connectivity index (χ2n) is 4.20. The maximum atomic E-state index is 9.40. The first-order valence-electron chi connectivity index (χ1n) is 5.93. The molecule has 1 unspecified atom stereocenters. The number of benzene rings is 1. The van der Waals surface area contributed by atoms with Crippen molar-refractivity contribution in [3.8, 4) is 6.07 Å². The maximum Gasteiger partial charge on any atom is 0.137 e. The van der Waals surface area contributed by atoms with Crippen molar-refractivity contribution in [1.82, 2.24) is 9.97 Å². The summed E-state index contributed by atoms with van der Waals surface area (Å²) >= 11 is 0. The average Bonchev–Trinajstić information content (AvgIpc) is 2.89. The van der Waals surface area contributed by atoms with E-state index in [1.807, 2.05) is 24.3 Å². The molecule has 1 atom stereocenters. The summed E-state index contributed by atoms with van der Waals surface area (Å²) in [6.07, 6.45) is 3.19. The smallest absolute Gasteiger partial charge is 0.137 e. The number of imidazole rings is 1. The lowest BCUT2D eigenvalue weighted by Crippen LogP contribution is -2.07. The van der Waals surface area contributed by atoms with Crippen molar-refractivity contribution < 1.29 is 5.11 Å². The fourth-order valence-electron chi connectivity index (χ4n) is 1.90. The quantitative estimate of drug-likeness (QED) is 0.840. The summed E-state index contributed by atoms with van der Waals surface area (Å²) < 4.78 is 0. The Balaban J connectivity index is 2.00. The van der Waals surface area contributed by atoms with E-state index in [1.165, 1.54) is 11.8 Å². The molecule has 1 aromatic carbocycles. The van der Waals surface area contributed by atoms with Crippen molar-refractivity contribution >= 4 is 0 Å². The number of hydrogen-bond acceptors (Lipinski definition) is 3. The Kier molecular flexibility index (Phi) is 4.11. The largest absolute Gasteiger partial charge is 0.396 e. The average molecular weight is 241 g/mol. The summed E-state index contributed by atoms with van der Waals surface area (Å²) in [5.74, 6) is 0.636. The van der Waals surface area contributed by atoms with Crippen molar-refractivity contribution in [2.24, 2.45) is 0 Å². The molecule has 0 saturated heterocycles. The first-order chi connectivity index (χ1) is 8.83. The Morgan fingerprint density at radius 1 is 1.33 bits per heavy atom. The van der Waals surface area contributed by atoms with Crippen molar-refractivity contribution in [2.45, 2.75) is 18.8 Å². The van der Waals surface area contributed by atoms with Gasteiger partial charge in [-0.2, -0.15) is 5.26 Å². The second-order valence-corrected chi connectivity index (χ2v) is 4.20. The van der Waals surface area contributed by atoms with E-state index < -0.39 is 0 Å². The van der Waals surface area contributed by atoms with Crippen molar-refractivity contribution in [3.63, 3.8) is 0 Å². The standard InChI is InChI=1S/C14H15N3O/c15-8-13-9-16-14(17-13)12(10-18)7-6-11-4-2-1-3-5-11/h1-5,9,12,18H,6-7,10H2,(H,16,17). The molecule has 2 N–H and O–H groups in total. The molecular formula is C14H15N3O. The minimum Gasteiger partial charge on any atom is -0.396 e. The molecule has 0 fully saturated rings. The molecule has 1 aromatic heterocycles. The number of aromatic amines is 1. The van der Waals surface area contributed by atoms with Gasteiger partial charge in [0.1, 0.15) is 17.6 Å². The van der Waals surface area contributed by atoms with E-state index in [0.29, 0.717) is 11.5 Å². The van der Waals surface area contributed by atoms with E-state index in [4.69, 9.17) is 5.26 Å². The Bertz CT molecular complexity index is 527. The number of hydrogen-bond donors (Lipinski definition) is 2. The molecule has 4 heteroatoms. The number of rotatable bonds is 5. The predicted octanol–water partition coefficient (Wildman–Crippen LogP) is 1.99. The van der Waals surface area contributed by atoms with Crippen molar-refractivity contribution in [2.75, 3.05) is 6.61 Å². The number of nitrogens with zero attached hydrogens (tertiary/aromatic N) is 2. The van der Waals surface area contributed by atoms with Crippen LogP contribution in [0.5, 0.6) is 0 Å². The minimum absolute atomic E-state index is 0.0330. The number of H-pyrrole nitrogens is 1. The van der Waals surface area contributed by atoms with Gasteiger partial charge in [-0.15, -0.1) is 0 Å². The van der Waals surface area contributed by atoms with E-state index >= 15 is 0 Å². The van der Waals surface area contributed by atoms with E-state index in [2.05, 4.69) is 22.1 Å². The summed E-state index contributed by atoms with van der Waals surface area (Å²) in [6, 6.07) is 12.1. The third kappa shape index (κ3) is 2.96. The van der Waals surface area contributed by atoms with E-state index in [9.17, 15) is 5.11 Å². The highest BCUT2D eigenvalue weighted by atomic mass is 16.3. The molecule has 0 aliphatic rings. The molecule has 0 aliphatic carbocycles. The summed E-state index contributed by atoms with van der Waals surface area (Å²) in [4.78, 5) is 7.05. The molecule has 0 aliphatic heterocycles. The number of aliphatic hydroxyl groups is 1. The highest BCUT2D eigenvalue weighted by Crippen LogP contribution is 2.18. The number of aromatic nitrogens is 2. The van der Waals surface area contributed by atoms with E-state index in [-0.39, 0.29) is 12.5 Å². The van der Waals surface area contributed by atoms with Crippen LogP contribution in [0.2, 0.25) is 0 Å². The second kappa shape index (κ2) is 5.99. The van der Waals surface area contributed by atoms with Gasteiger partial charge in [0.15, 0.2) is 0 Å². The highest BCUT2D eigenvalue weighted by molar-refractivity contribution is 5.19. The van der Waals surface area contributed by atoms with Crippen molar-refractivity contribution in [1.29, 1.82) is 5.26 Å². The van der Waals surface area contributed by atoms with E-state index in [0.717, 1.165) is 12.8 Å². The summed E-state index contributed by atoms with van der Waals surface area (Å²) in [7, 11) is 0. The first kappa shape index (κ1) is 12.3. The monoisotopic (exact) mass is 241 g/mol. The molecule has 0 spiro atoms. The molecule has 0 amide bonds. The highest BCUT2D eigenvalue weighted by Gasteiger charge is 2.14. The summed E-state index contributed by atoms with van der Waals surface area (Å²) in [5.41, 5.74) is 1.67. The molecule has 4 nitrogen and oxygen atoms in total. The number of nitrogens with one attached hydrogen (secondary N) is 1. The first-order valence-corrected chi connectivity index (χ1v) is 5.93. The molecule has 92 valence electrons. The van der Waals surface area contributed by atoms with Gasteiger partial charge >= 0.3 is 0 Å². The molecule has 2 aromatic rings. The molecule has 1 heterocycles. The zero-order valence-corrected chi connectivity index (χ0v) is 10.0. The van der Waals surface area contributed by atoms with Gasteiger partial charge in [0, 0.05) is 5.92 Å². The molecule has 0 radical (unpaired) electrons. The van der Waals surface area contributed by atoms with Crippen LogP contribution in [0.1, 0.15) is 29.4 Å². The van der Waals surface area contributed by atoms with Gasteiger partial charge in [0.25, 0.3) is 0 Å². The third-order valence-corrected chi connectivity index (χ3v) is 2.95. The Hall–Kier alpha value is -2.12. The zero-order chi connectivity index (χ0) is 12.8. The van der Waals surface area contributed by atoms with Crippen LogP contribution in [-0.2, 0) is 6.42 Å². The van der Waals surface area contributed by atoms with Gasteiger partial charge < -0.3 is 10.1 Å². The lowest BCUT2D eigenvalue weighted by molar-refractivity contribution is 0.255. The topological polar surface area (TPSA) is 72.7 Å². The number of nitriles is 1. The van der Waals surface area contributed by atoms with Crippen LogP contribution in [0.25, 0.3) is 0 Å². The normalized spacial score (nSPS) is 12.0. The number of aryl methyl sites for hydroxylation is 1. The predicted molar refractivity (Wildman–Crippen MR) is 67.9 cm³/mol. The van der Waals surface area contributed by atoms with Crippen molar-refractivity contribution in [3.05, 3.63) is 53.6 Å². The Morgan fingerprint density at radius 2 is 2.11 bits per heavy atom. The third-order valence-electron chi connectivity index (χ3n) is 2.95. The lowest BCUT2D eigenvalue weighted by Gasteiger charge is -2.11. The van der Waals surface area contributed by atoms with Gasteiger partial charge in [0.2, 0.25) is 0 Å². The van der Waals surface area contributed by atoms with Crippen LogP contribution >= 0.6 is 0 Å². The van der Waals surface area contributed by atoms with Crippen LogP contribution in [0, 0.1) is 11.3 Å². The summed E-state index contributed by atoms with van der Waals surface area (Å²) in [6.45, 7) is 0.0330. The van der Waals surface area contributed by atoms with Gasteiger partial charge in [-0.25, -0.2) is 4.98 Å². The van der Waals surface area contributed by atoms with Gasteiger partial charge in [-0.05, 0) is 18.4 Å². The van der Waals surface area contributed by atoms with Crippen LogP contribution < -0.4 is 0 Å². The van der Waals surface area contributed by atoms with Crippen LogP contribution in [0.15, 0.2) is 36.5 Å². The fraction of sp³-hybridized carbons (Fsp3) is 0.286. The van der Waals surface area contributed by atoms with Gasteiger partial charge in [-0.1, -0.05) is 30.3 Å². The summed E-state index contributed by atoms with van der Waals surface area (Å²) in [5, 5.41) is 18.1. The Labute approximate surface area is 106 Å². The fourth-order valence-corrected chi connectivity index (χ4v) is 1.90. The minimum atomic E-state index is -0.0488. The van der Waals surface area contributed by atoms with E-state index in [1.54, 1.807) is 0 Å². The molecule has 2 rings (SSSR count). The van der Waals surface area contributed by atoms with Gasteiger partial charge in [0.05, 0.1) is 12.8 Å². The SMILES string of the molecule is N#Cc1cnc(C(CO)CCc2ccccc2)[nH]1. The molecule has 0 bridgehead atoms. The van der Waals surface area contributed by atoms with Crippen LogP contribution in [0.3, 0.4) is 0 Å². The number of aliphatic hydroxyl groups excluding tert-OH is 1. The zero-order valence-electron chi connectivity index (χ0n) is 10.0.